The molecule has 1 amide bonds. The van der Waals surface area contributed by atoms with Gasteiger partial charge in [0.2, 0.25) is 5.88 Å². The monoisotopic (exact) mass is 351 g/mol. The summed E-state index contributed by atoms with van der Waals surface area (Å²) in [7, 11) is 0. The summed E-state index contributed by atoms with van der Waals surface area (Å²) in [5, 5.41) is 32.0. The molecule has 2 N–H and O–H groups in total. The predicted octanol–water partition coefficient (Wildman–Crippen LogP) is 1.82. The number of hydrogen-bond acceptors (Lipinski definition) is 6. The molecule has 8 nitrogen and oxygen atoms in total. The van der Waals surface area contributed by atoms with Gasteiger partial charge < -0.3 is 24.9 Å². The molecule has 2 aromatic carbocycles. The minimum Gasteiger partial charge on any atom is -0.548 e. The molecule has 0 saturated carbocycles. The maximum atomic E-state index is 11.9. The summed E-state index contributed by atoms with van der Waals surface area (Å²) in [6.07, 6.45) is 0. The Morgan fingerprint density at radius 1 is 1.08 bits per heavy atom. The van der Waals surface area contributed by atoms with E-state index >= 15 is 0 Å². The molecule has 26 heavy (non-hydrogen) atoms. The van der Waals surface area contributed by atoms with Gasteiger partial charge in [-0.2, -0.15) is 0 Å². The van der Waals surface area contributed by atoms with Crippen LogP contribution < -0.4 is 10.4 Å². The van der Waals surface area contributed by atoms with E-state index in [1.807, 2.05) is 30.3 Å². The number of para-hydroxylation sites is 2. The zero-order valence-electron chi connectivity index (χ0n) is 13.6. The second-order valence-corrected chi connectivity index (χ2v) is 5.46. The van der Waals surface area contributed by atoms with Crippen molar-refractivity contribution in [2.75, 3.05) is 11.9 Å². The van der Waals surface area contributed by atoms with Crippen LogP contribution in [0.2, 0.25) is 0 Å². The van der Waals surface area contributed by atoms with Crippen molar-refractivity contribution in [3.05, 3.63) is 54.6 Å². The molecule has 0 unspecified atom stereocenters. The highest BCUT2D eigenvalue weighted by molar-refractivity contribution is 5.96. The molecule has 132 valence electrons. The summed E-state index contributed by atoms with van der Waals surface area (Å²) in [6, 6.07) is 15.8. The van der Waals surface area contributed by atoms with Gasteiger partial charge in [-0.05, 0) is 18.2 Å². The number of rotatable bonds is 6. The lowest BCUT2D eigenvalue weighted by Crippen LogP contribution is -2.27. The van der Waals surface area contributed by atoms with Crippen LogP contribution in [0, 0.1) is 0 Å². The summed E-state index contributed by atoms with van der Waals surface area (Å²) in [4.78, 5) is 22.8. The Morgan fingerprint density at radius 3 is 2.50 bits per heavy atom. The number of carboxylic acids is 1. The van der Waals surface area contributed by atoms with Gasteiger partial charge in [0.15, 0.2) is 5.69 Å². The molecule has 0 spiro atoms. The quantitative estimate of drug-likeness (QED) is 0.657. The first-order valence-corrected chi connectivity index (χ1v) is 7.80. The van der Waals surface area contributed by atoms with Crippen LogP contribution in [0.1, 0.15) is 0 Å². The number of carbonyl (C=O) groups is 2. The van der Waals surface area contributed by atoms with Gasteiger partial charge >= 0.3 is 0 Å². The highest BCUT2D eigenvalue weighted by Crippen LogP contribution is 2.38. The lowest BCUT2D eigenvalue weighted by molar-refractivity contribution is -0.306. The molecule has 1 heterocycles. The molecule has 0 aliphatic rings. The summed E-state index contributed by atoms with van der Waals surface area (Å²) in [5.74, 6) is -2.28. The average molecular weight is 351 g/mol. The number of fused-ring (bicyclic) bond motifs is 1. The van der Waals surface area contributed by atoms with Gasteiger partial charge in [0.1, 0.15) is 0 Å². The van der Waals surface area contributed by atoms with Crippen molar-refractivity contribution < 1.29 is 19.8 Å². The number of anilines is 1. The molecule has 0 bridgehead atoms. The molecule has 1 aromatic heterocycles. The highest BCUT2D eigenvalue weighted by atomic mass is 16.4. The number of nitrogens with zero attached hydrogens (tertiary/aromatic N) is 3. The average Bonchev–Trinajstić information content (AvgIpc) is 2.90. The molecule has 0 aliphatic heterocycles. The van der Waals surface area contributed by atoms with Crippen molar-refractivity contribution >= 4 is 34.2 Å². The SMILES string of the molecule is O=C([O-])Cn1c(O)c(N=NC(=O)CNc2ccccc2)c2ccccc21. The second-order valence-electron chi connectivity index (χ2n) is 5.46. The van der Waals surface area contributed by atoms with E-state index in [1.54, 1.807) is 24.3 Å². The molecule has 8 heteroatoms. The number of carboxylic acid groups (broad SMARTS) is 1. The lowest BCUT2D eigenvalue weighted by atomic mass is 10.2. The van der Waals surface area contributed by atoms with E-state index in [2.05, 4.69) is 15.5 Å². The van der Waals surface area contributed by atoms with Crippen LogP contribution in [0.5, 0.6) is 5.88 Å². The van der Waals surface area contributed by atoms with Gasteiger partial charge in [-0.15, -0.1) is 10.2 Å². The Kier molecular flexibility index (Phi) is 4.93. The molecular formula is C18H15N4O4-. The van der Waals surface area contributed by atoms with E-state index < -0.39 is 18.4 Å². The Labute approximate surface area is 148 Å². The second kappa shape index (κ2) is 7.47. The topological polar surface area (TPSA) is 119 Å². The number of amides is 1. The van der Waals surface area contributed by atoms with E-state index in [1.165, 1.54) is 0 Å². The number of hydrogen-bond donors (Lipinski definition) is 2. The van der Waals surface area contributed by atoms with Crippen LogP contribution in [-0.4, -0.2) is 28.1 Å². The Balaban J connectivity index is 1.81. The lowest BCUT2D eigenvalue weighted by Gasteiger charge is -2.06. The van der Waals surface area contributed by atoms with Crippen molar-refractivity contribution in [2.45, 2.75) is 6.54 Å². The first kappa shape index (κ1) is 17.2. The summed E-state index contributed by atoms with van der Waals surface area (Å²) in [5.41, 5.74) is 1.26. The predicted molar refractivity (Wildman–Crippen MR) is 93.1 cm³/mol. The maximum absolute atomic E-state index is 11.9. The highest BCUT2D eigenvalue weighted by Gasteiger charge is 2.16. The van der Waals surface area contributed by atoms with Crippen molar-refractivity contribution in [3.63, 3.8) is 0 Å². The van der Waals surface area contributed by atoms with Crippen molar-refractivity contribution in [2.24, 2.45) is 10.2 Å². The summed E-state index contributed by atoms with van der Waals surface area (Å²) in [6.45, 7) is -0.600. The van der Waals surface area contributed by atoms with Gasteiger partial charge in [0.25, 0.3) is 5.91 Å². The van der Waals surface area contributed by atoms with Crippen molar-refractivity contribution in [3.8, 4) is 5.88 Å². The number of carbonyl (C=O) groups excluding carboxylic acids is 2. The van der Waals surface area contributed by atoms with E-state index in [0.717, 1.165) is 10.3 Å². The van der Waals surface area contributed by atoms with Crippen LogP contribution in [0.15, 0.2) is 64.8 Å². The molecule has 0 atom stereocenters. The molecule has 0 saturated heterocycles. The van der Waals surface area contributed by atoms with Crippen LogP contribution in [0.4, 0.5) is 11.4 Å². The maximum Gasteiger partial charge on any atom is 0.283 e. The van der Waals surface area contributed by atoms with Crippen LogP contribution >= 0.6 is 0 Å². The minimum absolute atomic E-state index is 0.0370. The Hall–Kier alpha value is -3.68. The number of benzene rings is 2. The third-order valence-electron chi connectivity index (χ3n) is 3.68. The number of aliphatic carboxylic acids is 1. The van der Waals surface area contributed by atoms with E-state index in [4.69, 9.17) is 0 Å². The Morgan fingerprint density at radius 2 is 1.77 bits per heavy atom. The van der Waals surface area contributed by atoms with E-state index in [9.17, 15) is 19.8 Å². The third-order valence-corrected chi connectivity index (χ3v) is 3.68. The number of nitrogens with one attached hydrogen (secondary N) is 1. The standard InChI is InChI=1S/C18H16N4O4/c23-15(10-19-12-6-2-1-3-7-12)20-21-17-13-8-4-5-9-14(13)22(18(17)26)11-16(24)25/h1-9,19,26H,10-11H2,(H,24,25)/p-1. The normalized spacial score (nSPS) is 11.1. The molecule has 0 radical (unpaired) electrons. The zero-order chi connectivity index (χ0) is 18.5. The Bertz CT molecular complexity index is 980. The molecule has 0 aliphatic carbocycles. The smallest absolute Gasteiger partial charge is 0.283 e. The van der Waals surface area contributed by atoms with Crippen molar-refractivity contribution in [1.29, 1.82) is 0 Å². The zero-order valence-corrected chi connectivity index (χ0v) is 13.6. The first-order chi connectivity index (χ1) is 12.6. The molecule has 3 rings (SSSR count). The van der Waals surface area contributed by atoms with Gasteiger partial charge in [-0.1, -0.05) is 36.4 Å². The molecule has 3 aromatic rings. The van der Waals surface area contributed by atoms with Crippen LogP contribution in [0.3, 0.4) is 0 Å². The van der Waals surface area contributed by atoms with Crippen molar-refractivity contribution in [1.82, 2.24) is 4.57 Å². The van der Waals surface area contributed by atoms with Crippen LogP contribution in [-0.2, 0) is 16.1 Å². The van der Waals surface area contributed by atoms with E-state index in [0.29, 0.717) is 10.9 Å². The summed E-state index contributed by atoms with van der Waals surface area (Å²) >= 11 is 0. The van der Waals surface area contributed by atoms with Crippen LogP contribution in [0.25, 0.3) is 10.9 Å². The van der Waals surface area contributed by atoms with Gasteiger partial charge in [-0.3, -0.25) is 4.79 Å². The fraction of sp³-hybridized carbons (Fsp3) is 0.111. The fourth-order valence-electron chi connectivity index (χ4n) is 2.53. The van der Waals surface area contributed by atoms with Gasteiger partial charge in [0.05, 0.1) is 24.6 Å². The first-order valence-electron chi connectivity index (χ1n) is 7.80. The number of aromatic nitrogens is 1. The molecular weight excluding hydrogens is 336 g/mol. The fourth-order valence-corrected chi connectivity index (χ4v) is 2.53. The number of azo groups is 1. The number of aromatic hydroxyl groups is 1. The summed E-state index contributed by atoms with van der Waals surface area (Å²) < 4.78 is 1.14. The third kappa shape index (κ3) is 3.69. The van der Waals surface area contributed by atoms with Gasteiger partial charge in [-0.25, -0.2) is 0 Å². The minimum atomic E-state index is -1.35. The largest absolute Gasteiger partial charge is 0.548 e. The van der Waals surface area contributed by atoms with E-state index in [-0.39, 0.29) is 18.1 Å². The molecule has 0 fully saturated rings. The van der Waals surface area contributed by atoms with Gasteiger partial charge in [0, 0.05) is 11.1 Å².